The molecular formula is C12H12ClNO2. The average Bonchev–Trinajstić information content (AvgIpc) is 2.46. The van der Waals surface area contributed by atoms with Crippen LogP contribution >= 0.6 is 11.6 Å². The molecule has 0 saturated heterocycles. The number of halogens is 1. The van der Waals surface area contributed by atoms with Crippen molar-refractivity contribution in [2.24, 2.45) is 7.05 Å². The summed E-state index contributed by atoms with van der Waals surface area (Å²) < 4.78 is 1.69. The van der Waals surface area contributed by atoms with Crippen molar-refractivity contribution in [2.45, 2.75) is 13.8 Å². The van der Waals surface area contributed by atoms with E-state index in [2.05, 4.69) is 0 Å². The second-order valence-electron chi connectivity index (χ2n) is 3.93. The minimum absolute atomic E-state index is 0.297. The normalized spacial score (nSPS) is 11.0. The number of carboxylic acids is 1. The first-order chi connectivity index (χ1) is 7.45. The standard InChI is InChI=1S/C12H12ClNO2/c1-6-4-5-8(13)9-7(2)11(12(15)16)14(3)10(6)9/h4-5H,1-3H3,(H,15,16). The molecule has 0 saturated carbocycles. The van der Waals surface area contributed by atoms with Crippen molar-refractivity contribution in [1.29, 1.82) is 0 Å². The van der Waals surface area contributed by atoms with Gasteiger partial charge in [0, 0.05) is 12.4 Å². The lowest BCUT2D eigenvalue weighted by atomic mass is 10.1. The Morgan fingerprint density at radius 1 is 1.38 bits per heavy atom. The molecule has 3 nitrogen and oxygen atoms in total. The van der Waals surface area contributed by atoms with E-state index in [9.17, 15) is 4.79 Å². The minimum atomic E-state index is -0.924. The van der Waals surface area contributed by atoms with Gasteiger partial charge in [-0.15, -0.1) is 0 Å². The van der Waals surface area contributed by atoms with E-state index in [1.807, 2.05) is 13.0 Å². The minimum Gasteiger partial charge on any atom is -0.477 e. The van der Waals surface area contributed by atoms with E-state index in [1.54, 1.807) is 24.6 Å². The van der Waals surface area contributed by atoms with Gasteiger partial charge in [-0.25, -0.2) is 4.79 Å². The monoisotopic (exact) mass is 237 g/mol. The summed E-state index contributed by atoms with van der Waals surface area (Å²) in [6, 6.07) is 3.70. The van der Waals surface area contributed by atoms with Gasteiger partial charge in [0.15, 0.2) is 0 Å². The van der Waals surface area contributed by atoms with Crippen molar-refractivity contribution in [3.05, 3.63) is 34.0 Å². The molecule has 0 unspecified atom stereocenters. The zero-order valence-corrected chi connectivity index (χ0v) is 10.1. The van der Waals surface area contributed by atoms with E-state index in [4.69, 9.17) is 16.7 Å². The Hall–Kier alpha value is -1.48. The largest absolute Gasteiger partial charge is 0.477 e. The van der Waals surface area contributed by atoms with Crippen LogP contribution in [0.5, 0.6) is 0 Å². The molecule has 0 amide bonds. The maximum absolute atomic E-state index is 11.2. The van der Waals surface area contributed by atoms with Crippen LogP contribution in [0.2, 0.25) is 5.02 Å². The Balaban J connectivity index is 3.04. The van der Waals surface area contributed by atoms with Gasteiger partial charge in [-0.3, -0.25) is 0 Å². The zero-order valence-electron chi connectivity index (χ0n) is 9.34. The highest BCUT2D eigenvalue weighted by molar-refractivity contribution is 6.36. The molecule has 1 aromatic carbocycles. The summed E-state index contributed by atoms with van der Waals surface area (Å²) in [5.41, 5.74) is 2.94. The van der Waals surface area contributed by atoms with Gasteiger partial charge >= 0.3 is 5.97 Å². The van der Waals surface area contributed by atoms with E-state index in [-0.39, 0.29) is 0 Å². The van der Waals surface area contributed by atoms with Crippen molar-refractivity contribution in [2.75, 3.05) is 0 Å². The van der Waals surface area contributed by atoms with Crippen LogP contribution in [0.25, 0.3) is 10.9 Å². The van der Waals surface area contributed by atoms with Crippen molar-refractivity contribution in [3.63, 3.8) is 0 Å². The van der Waals surface area contributed by atoms with Crippen LogP contribution in [0, 0.1) is 13.8 Å². The fourth-order valence-electron chi connectivity index (χ4n) is 2.25. The molecule has 0 bridgehead atoms. The van der Waals surface area contributed by atoms with Gasteiger partial charge in [0.2, 0.25) is 0 Å². The second-order valence-corrected chi connectivity index (χ2v) is 4.33. The summed E-state index contributed by atoms with van der Waals surface area (Å²) in [6.45, 7) is 3.74. The Morgan fingerprint density at radius 3 is 2.50 bits per heavy atom. The van der Waals surface area contributed by atoms with Gasteiger partial charge in [-0.1, -0.05) is 17.7 Å². The summed E-state index contributed by atoms with van der Waals surface area (Å²) in [7, 11) is 1.75. The Kier molecular flexibility index (Phi) is 2.43. The van der Waals surface area contributed by atoms with Gasteiger partial charge < -0.3 is 9.67 Å². The number of aryl methyl sites for hydroxylation is 3. The summed E-state index contributed by atoms with van der Waals surface area (Å²) in [5.74, 6) is -0.924. The number of hydrogen-bond acceptors (Lipinski definition) is 1. The molecule has 0 aliphatic carbocycles. The number of aromatic carboxylic acids is 1. The molecule has 0 aliphatic heterocycles. The smallest absolute Gasteiger partial charge is 0.352 e. The molecule has 0 atom stereocenters. The van der Waals surface area contributed by atoms with Gasteiger partial charge in [0.25, 0.3) is 0 Å². The van der Waals surface area contributed by atoms with E-state index in [0.717, 1.165) is 22.0 Å². The maximum atomic E-state index is 11.2. The van der Waals surface area contributed by atoms with E-state index >= 15 is 0 Å². The number of carboxylic acid groups (broad SMARTS) is 1. The van der Waals surface area contributed by atoms with Crippen molar-refractivity contribution in [3.8, 4) is 0 Å². The maximum Gasteiger partial charge on any atom is 0.352 e. The lowest BCUT2D eigenvalue weighted by Crippen LogP contribution is -2.05. The van der Waals surface area contributed by atoms with Crippen LogP contribution < -0.4 is 0 Å². The molecule has 1 N–H and O–H groups in total. The molecule has 16 heavy (non-hydrogen) atoms. The zero-order chi connectivity index (χ0) is 12.0. The predicted octanol–water partition coefficient (Wildman–Crippen LogP) is 3.15. The first kappa shape index (κ1) is 11.0. The number of fused-ring (bicyclic) bond motifs is 1. The van der Waals surface area contributed by atoms with Crippen LogP contribution in [0.1, 0.15) is 21.6 Å². The number of benzene rings is 1. The number of carbonyl (C=O) groups is 1. The second kappa shape index (κ2) is 3.52. The number of aromatic nitrogens is 1. The average molecular weight is 238 g/mol. The topological polar surface area (TPSA) is 42.2 Å². The molecule has 4 heteroatoms. The number of rotatable bonds is 1. The fraction of sp³-hybridized carbons (Fsp3) is 0.250. The molecular weight excluding hydrogens is 226 g/mol. The van der Waals surface area contributed by atoms with Crippen molar-refractivity contribution in [1.82, 2.24) is 4.57 Å². The third-order valence-electron chi connectivity index (χ3n) is 2.93. The first-order valence-corrected chi connectivity index (χ1v) is 5.30. The summed E-state index contributed by atoms with van der Waals surface area (Å²) in [4.78, 5) is 11.2. The van der Waals surface area contributed by atoms with Crippen LogP contribution in [0.15, 0.2) is 12.1 Å². The molecule has 2 aromatic rings. The fourth-order valence-corrected chi connectivity index (χ4v) is 2.54. The van der Waals surface area contributed by atoms with E-state index in [0.29, 0.717) is 10.7 Å². The van der Waals surface area contributed by atoms with Crippen molar-refractivity contribution >= 4 is 28.5 Å². The van der Waals surface area contributed by atoms with Gasteiger partial charge in [0.1, 0.15) is 5.69 Å². The third kappa shape index (κ3) is 1.32. The lowest BCUT2D eigenvalue weighted by Gasteiger charge is -2.03. The highest BCUT2D eigenvalue weighted by atomic mass is 35.5. The van der Waals surface area contributed by atoms with E-state index < -0.39 is 5.97 Å². The van der Waals surface area contributed by atoms with E-state index in [1.165, 1.54) is 0 Å². The van der Waals surface area contributed by atoms with Crippen LogP contribution in [0.3, 0.4) is 0 Å². The summed E-state index contributed by atoms with van der Waals surface area (Å²) in [5, 5.41) is 10.6. The molecule has 0 fully saturated rings. The van der Waals surface area contributed by atoms with Gasteiger partial charge in [-0.2, -0.15) is 0 Å². The SMILES string of the molecule is Cc1c(C(=O)O)n(C)c2c(C)ccc(Cl)c12. The van der Waals surface area contributed by atoms with Gasteiger partial charge in [0.05, 0.1) is 10.5 Å². The molecule has 1 heterocycles. The Labute approximate surface area is 98.3 Å². The molecule has 0 radical (unpaired) electrons. The predicted molar refractivity (Wildman–Crippen MR) is 64.4 cm³/mol. The van der Waals surface area contributed by atoms with Crippen molar-refractivity contribution < 1.29 is 9.90 Å². The third-order valence-corrected chi connectivity index (χ3v) is 3.25. The van der Waals surface area contributed by atoms with Gasteiger partial charge in [-0.05, 0) is 31.0 Å². The Morgan fingerprint density at radius 2 is 2.00 bits per heavy atom. The first-order valence-electron chi connectivity index (χ1n) is 4.92. The number of hydrogen-bond donors (Lipinski definition) is 1. The van der Waals surface area contributed by atoms with Crippen LogP contribution in [-0.4, -0.2) is 15.6 Å². The summed E-state index contributed by atoms with van der Waals surface area (Å²) in [6.07, 6.45) is 0. The molecule has 84 valence electrons. The highest BCUT2D eigenvalue weighted by Crippen LogP contribution is 2.32. The molecule has 0 spiro atoms. The summed E-state index contributed by atoms with van der Waals surface area (Å²) >= 11 is 6.12. The highest BCUT2D eigenvalue weighted by Gasteiger charge is 2.20. The molecule has 2 rings (SSSR count). The lowest BCUT2D eigenvalue weighted by molar-refractivity contribution is 0.0686. The van der Waals surface area contributed by atoms with Crippen LogP contribution in [-0.2, 0) is 7.05 Å². The number of nitrogens with zero attached hydrogens (tertiary/aromatic N) is 1. The molecule has 0 aliphatic rings. The van der Waals surface area contributed by atoms with Crippen LogP contribution in [0.4, 0.5) is 0 Å². The quantitative estimate of drug-likeness (QED) is 0.828. The molecule has 1 aromatic heterocycles. The Bertz CT molecular complexity index is 554.